The van der Waals surface area contributed by atoms with Crippen molar-refractivity contribution < 1.29 is 14.4 Å². The number of aliphatic hydroxyl groups excluding tert-OH is 1. The van der Waals surface area contributed by atoms with Gasteiger partial charge in [0.05, 0.1) is 6.61 Å². The first-order valence-electron chi connectivity index (χ1n) is 5.54. The topological polar surface area (TPSA) is 38.7 Å². The molecule has 4 heteroatoms. The molecule has 0 saturated carbocycles. The predicted octanol–water partition coefficient (Wildman–Crippen LogP) is 0.947. The summed E-state index contributed by atoms with van der Waals surface area (Å²) in [7, 11) is -0.263. The van der Waals surface area contributed by atoms with Crippen LogP contribution in [0.1, 0.15) is 19.4 Å². The SMILES string of the molecule is CC1(C)COB(c2ccc(CO)cc2)OC1. The summed E-state index contributed by atoms with van der Waals surface area (Å²) in [4.78, 5) is 0. The van der Waals surface area contributed by atoms with Crippen LogP contribution < -0.4 is 5.46 Å². The lowest BCUT2D eigenvalue weighted by Gasteiger charge is -2.33. The molecule has 1 saturated heterocycles. The van der Waals surface area contributed by atoms with Crippen LogP contribution in [0, 0.1) is 5.41 Å². The largest absolute Gasteiger partial charge is 0.493 e. The van der Waals surface area contributed by atoms with E-state index in [9.17, 15) is 0 Å². The number of aliphatic hydroxyl groups is 1. The summed E-state index contributed by atoms with van der Waals surface area (Å²) in [5.41, 5.74) is 2.01. The van der Waals surface area contributed by atoms with E-state index in [1.54, 1.807) is 0 Å². The first-order valence-corrected chi connectivity index (χ1v) is 5.54. The Kier molecular flexibility index (Phi) is 3.33. The zero-order valence-electron chi connectivity index (χ0n) is 9.77. The maximum absolute atomic E-state index is 8.94. The highest BCUT2D eigenvalue weighted by Gasteiger charge is 2.33. The third-order valence-corrected chi connectivity index (χ3v) is 2.69. The highest BCUT2D eigenvalue weighted by molar-refractivity contribution is 6.61. The molecule has 0 unspecified atom stereocenters. The molecule has 86 valence electrons. The second-order valence-corrected chi connectivity index (χ2v) is 5.02. The van der Waals surface area contributed by atoms with Crippen molar-refractivity contribution in [3.05, 3.63) is 29.8 Å². The molecule has 16 heavy (non-hydrogen) atoms. The van der Waals surface area contributed by atoms with Gasteiger partial charge in [0.25, 0.3) is 0 Å². The van der Waals surface area contributed by atoms with Gasteiger partial charge in [-0.3, -0.25) is 0 Å². The van der Waals surface area contributed by atoms with Crippen LogP contribution in [0.5, 0.6) is 0 Å². The minimum absolute atomic E-state index is 0.0691. The van der Waals surface area contributed by atoms with Gasteiger partial charge in [0.2, 0.25) is 0 Å². The Bertz CT molecular complexity index is 338. The van der Waals surface area contributed by atoms with E-state index in [4.69, 9.17) is 14.4 Å². The van der Waals surface area contributed by atoms with Gasteiger partial charge in [-0.2, -0.15) is 0 Å². The van der Waals surface area contributed by atoms with E-state index < -0.39 is 0 Å². The second-order valence-electron chi connectivity index (χ2n) is 5.02. The molecule has 0 atom stereocenters. The molecule has 1 fully saturated rings. The molecule has 0 spiro atoms. The quantitative estimate of drug-likeness (QED) is 0.754. The van der Waals surface area contributed by atoms with Crippen LogP contribution in [-0.2, 0) is 15.9 Å². The fourth-order valence-corrected chi connectivity index (χ4v) is 1.66. The maximum atomic E-state index is 8.94. The summed E-state index contributed by atoms with van der Waals surface area (Å²) < 4.78 is 11.3. The molecule has 1 aliphatic heterocycles. The van der Waals surface area contributed by atoms with Gasteiger partial charge in [-0.05, 0) is 11.0 Å². The van der Waals surface area contributed by atoms with Gasteiger partial charge >= 0.3 is 7.12 Å². The van der Waals surface area contributed by atoms with Gasteiger partial charge in [-0.25, -0.2) is 0 Å². The van der Waals surface area contributed by atoms with Gasteiger partial charge < -0.3 is 14.4 Å². The van der Waals surface area contributed by atoms with Crippen molar-refractivity contribution >= 4 is 12.6 Å². The molecule has 1 aromatic carbocycles. The fraction of sp³-hybridized carbons (Fsp3) is 0.500. The lowest BCUT2D eigenvalue weighted by Crippen LogP contribution is -2.47. The van der Waals surface area contributed by atoms with E-state index in [2.05, 4.69) is 13.8 Å². The monoisotopic (exact) mass is 220 g/mol. The lowest BCUT2D eigenvalue weighted by atomic mass is 9.76. The van der Waals surface area contributed by atoms with Crippen molar-refractivity contribution in [3.8, 4) is 0 Å². The van der Waals surface area contributed by atoms with Crippen LogP contribution in [0.15, 0.2) is 24.3 Å². The van der Waals surface area contributed by atoms with Crippen molar-refractivity contribution in [2.45, 2.75) is 20.5 Å². The number of benzene rings is 1. The molecule has 3 nitrogen and oxygen atoms in total. The summed E-state index contributed by atoms with van der Waals surface area (Å²) in [6.45, 7) is 5.73. The first-order chi connectivity index (χ1) is 7.61. The van der Waals surface area contributed by atoms with E-state index in [0.717, 1.165) is 11.0 Å². The van der Waals surface area contributed by atoms with Crippen LogP contribution in [0.4, 0.5) is 0 Å². The van der Waals surface area contributed by atoms with Crippen molar-refractivity contribution in [1.29, 1.82) is 0 Å². The molecule has 1 N–H and O–H groups in total. The minimum atomic E-state index is -0.263. The third kappa shape index (κ3) is 2.64. The Balaban J connectivity index is 2.03. The zero-order chi connectivity index (χ0) is 11.6. The van der Waals surface area contributed by atoms with Crippen molar-refractivity contribution in [1.82, 2.24) is 0 Å². The zero-order valence-corrected chi connectivity index (χ0v) is 9.77. The van der Waals surface area contributed by atoms with Crippen LogP contribution in [0.3, 0.4) is 0 Å². The highest BCUT2D eigenvalue weighted by atomic mass is 16.6. The second kappa shape index (κ2) is 4.57. The molecule has 0 bridgehead atoms. The number of hydrogen-bond donors (Lipinski definition) is 1. The Morgan fingerprint density at radius 2 is 1.75 bits per heavy atom. The smallest absolute Gasteiger partial charge is 0.407 e. The Labute approximate surface area is 96.5 Å². The average Bonchev–Trinajstić information content (AvgIpc) is 2.29. The van der Waals surface area contributed by atoms with Gasteiger partial charge in [-0.15, -0.1) is 0 Å². The first kappa shape index (κ1) is 11.6. The van der Waals surface area contributed by atoms with Crippen LogP contribution >= 0.6 is 0 Å². The highest BCUT2D eigenvalue weighted by Crippen LogP contribution is 2.21. The molecule has 0 amide bonds. The maximum Gasteiger partial charge on any atom is 0.493 e. The average molecular weight is 220 g/mol. The summed E-state index contributed by atoms with van der Waals surface area (Å²) in [5.74, 6) is 0. The van der Waals surface area contributed by atoms with Gasteiger partial charge in [0.1, 0.15) is 0 Å². The molecule has 2 rings (SSSR count). The fourth-order valence-electron chi connectivity index (χ4n) is 1.66. The summed E-state index contributed by atoms with van der Waals surface area (Å²) in [5, 5.41) is 8.94. The Morgan fingerprint density at radius 3 is 2.25 bits per heavy atom. The van der Waals surface area contributed by atoms with Crippen LogP contribution in [-0.4, -0.2) is 25.4 Å². The minimum Gasteiger partial charge on any atom is -0.407 e. The molecule has 0 radical (unpaired) electrons. The van der Waals surface area contributed by atoms with Crippen LogP contribution in [0.25, 0.3) is 0 Å². The van der Waals surface area contributed by atoms with Crippen LogP contribution in [0.2, 0.25) is 0 Å². The summed E-state index contributed by atoms with van der Waals surface area (Å²) >= 11 is 0. The summed E-state index contributed by atoms with van der Waals surface area (Å²) in [6.07, 6.45) is 0. The normalized spacial score (nSPS) is 19.8. The standard InChI is InChI=1S/C12H17BO3/c1-12(2)8-15-13(16-9-12)11-5-3-10(7-14)4-6-11/h3-6,14H,7-9H2,1-2H3. The van der Waals surface area contributed by atoms with E-state index in [1.165, 1.54) is 0 Å². The molecule has 1 heterocycles. The Morgan fingerprint density at radius 1 is 1.19 bits per heavy atom. The van der Waals surface area contributed by atoms with Gasteiger partial charge in [-0.1, -0.05) is 38.1 Å². The van der Waals surface area contributed by atoms with E-state index in [0.29, 0.717) is 13.2 Å². The Hall–Kier alpha value is -0.835. The molecule has 1 aromatic rings. The molecule has 1 aliphatic rings. The van der Waals surface area contributed by atoms with Crippen molar-refractivity contribution in [3.63, 3.8) is 0 Å². The summed E-state index contributed by atoms with van der Waals surface area (Å²) in [6, 6.07) is 7.66. The third-order valence-electron chi connectivity index (χ3n) is 2.69. The molecule has 0 aliphatic carbocycles. The van der Waals surface area contributed by atoms with Crippen molar-refractivity contribution in [2.75, 3.05) is 13.2 Å². The number of rotatable bonds is 2. The number of hydrogen-bond acceptors (Lipinski definition) is 3. The molecule has 0 aromatic heterocycles. The molecular formula is C12H17BO3. The van der Waals surface area contributed by atoms with Gasteiger partial charge in [0.15, 0.2) is 0 Å². The predicted molar refractivity (Wildman–Crippen MR) is 63.4 cm³/mol. The van der Waals surface area contributed by atoms with E-state index in [-0.39, 0.29) is 19.1 Å². The van der Waals surface area contributed by atoms with E-state index in [1.807, 2.05) is 24.3 Å². The van der Waals surface area contributed by atoms with Crippen molar-refractivity contribution in [2.24, 2.45) is 5.41 Å². The molecular weight excluding hydrogens is 203 g/mol. The lowest BCUT2D eigenvalue weighted by molar-refractivity contribution is 0.0343. The van der Waals surface area contributed by atoms with Gasteiger partial charge in [0, 0.05) is 18.6 Å². The van der Waals surface area contributed by atoms with E-state index >= 15 is 0 Å².